The van der Waals surface area contributed by atoms with E-state index >= 15 is 0 Å². The van der Waals surface area contributed by atoms with Crippen LogP contribution in [-0.2, 0) is 16.0 Å². The van der Waals surface area contributed by atoms with Gasteiger partial charge < -0.3 is 4.52 Å². The van der Waals surface area contributed by atoms with Gasteiger partial charge in [-0.3, -0.25) is 4.79 Å². The van der Waals surface area contributed by atoms with Crippen LogP contribution in [0.25, 0.3) is 11.4 Å². The molecule has 0 unspecified atom stereocenters. The fourth-order valence-electron chi connectivity index (χ4n) is 1.69. The number of carbonyl (C=O) groups excluding carboxylic acids is 1. The largest absolute Gasteiger partial charge is 0.471 e. The minimum absolute atomic E-state index is 0.127. The molecule has 0 saturated carbocycles. The first-order valence-electron chi connectivity index (χ1n) is 6.77. The van der Waals surface area contributed by atoms with E-state index in [-0.39, 0.29) is 17.0 Å². The minimum Gasteiger partial charge on any atom is -0.329 e. The molecule has 24 heavy (non-hydrogen) atoms. The van der Waals surface area contributed by atoms with Gasteiger partial charge in [-0.2, -0.15) is 18.2 Å². The molecule has 0 radical (unpaired) electrons. The van der Waals surface area contributed by atoms with E-state index in [0.29, 0.717) is 0 Å². The van der Waals surface area contributed by atoms with Crippen LogP contribution in [0.1, 0.15) is 30.1 Å². The molecule has 1 heterocycles. The third-order valence-corrected chi connectivity index (χ3v) is 5.29. The van der Waals surface area contributed by atoms with Crippen LogP contribution in [0.2, 0.25) is 0 Å². The number of ketones is 1. The molecular weight excluding hydrogens is 349 g/mol. The first-order valence-corrected chi connectivity index (χ1v) is 8.48. The number of hydrogen-bond acceptors (Lipinski definition) is 6. The average molecular weight is 362 g/mol. The number of carbonyl (C=O) groups is 1. The molecule has 0 bridgehead atoms. The molecule has 2 rings (SSSR count). The van der Waals surface area contributed by atoms with Gasteiger partial charge in [-0.15, -0.1) is 0 Å². The van der Waals surface area contributed by atoms with Crippen molar-refractivity contribution >= 4 is 15.6 Å². The second-order valence-corrected chi connectivity index (χ2v) is 7.83. The van der Waals surface area contributed by atoms with Crippen LogP contribution in [0, 0.1) is 0 Å². The first-order chi connectivity index (χ1) is 11.0. The van der Waals surface area contributed by atoms with Gasteiger partial charge in [0.05, 0.1) is 5.25 Å². The summed E-state index contributed by atoms with van der Waals surface area (Å²) in [6.07, 6.45) is -4.74. The van der Waals surface area contributed by atoms with Gasteiger partial charge in [0.2, 0.25) is 5.82 Å². The van der Waals surface area contributed by atoms with Gasteiger partial charge in [0.25, 0.3) is 0 Å². The topological polar surface area (TPSA) is 90.1 Å². The minimum atomic E-state index is -4.74. The summed E-state index contributed by atoms with van der Waals surface area (Å²) in [6, 6.07) is 5.24. The number of sulfone groups is 1. The Kier molecular flexibility index (Phi) is 4.79. The number of halogens is 3. The van der Waals surface area contributed by atoms with Gasteiger partial charge >= 0.3 is 12.1 Å². The SMILES string of the molecule is CC(C)S(=O)(=O)CC(=O)c1ccc(-c2noc(C(F)(F)F)n2)cc1. The standard InChI is InChI=1S/C14H13F3N2O4S/c1-8(2)24(21,22)7-11(20)9-3-5-10(6-4-9)12-18-13(23-19-12)14(15,16)17/h3-6,8H,7H2,1-2H3. The van der Waals surface area contributed by atoms with Crippen LogP contribution in [0.15, 0.2) is 28.8 Å². The molecule has 1 aromatic carbocycles. The smallest absolute Gasteiger partial charge is 0.329 e. The molecule has 2 aromatic rings. The number of rotatable bonds is 5. The molecule has 130 valence electrons. The Morgan fingerprint density at radius 1 is 1.21 bits per heavy atom. The molecule has 0 aliphatic rings. The van der Waals surface area contributed by atoms with Crippen LogP contribution in [-0.4, -0.2) is 35.3 Å². The highest BCUT2D eigenvalue weighted by Gasteiger charge is 2.38. The predicted molar refractivity (Wildman–Crippen MR) is 78.0 cm³/mol. The zero-order chi connectivity index (χ0) is 18.1. The third kappa shape index (κ3) is 3.99. The number of nitrogens with zero attached hydrogens (tertiary/aromatic N) is 2. The van der Waals surface area contributed by atoms with Crippen molar-refractivity contribution in [3.8, 4) is 11.4 Å². The average Bonchev–Trinajstić information content (AvgIpc) is 2.96. The van der Waals surface area contributed by atoms with E-state index in [9.17, 15) is 26.4 Å². The van der Waals surface area contributed by atoms with Crippen LogP contribution in [0.4, 0.5) is 13.2 Å². The molecule has 0 saturated heterocycles. The molecule has 0 amide bonds. The Morgan fingerprint density at radius 3 is 2.25 bits per heavy atom. The zero-order valence-electron chi connectivity index (χ0n) is 12.7. The van der Waals surface area contributed by atoms with E-state index < -0.39 is 38.7 Å². The van der Waals surface area contributed by atoms with Crippen molar-refractivity contribution in [1.29, 1.82) is 0 Å². The molecule has 1 aromatic heterocycles. The maximum absolute atomic E-state index is 12.4. The summed E-state index contributed by atoms with van der Waals surface area (Å²) in [6.45, 7) is 2.94. The van der Waals surface area contributed by atoms with E-state index in [1.165, 1.54) is 38.1 Å². The lowest BCUT2D eigenvalue weighted by molar-refractivity contribution is -0.159. The monoisotopic (exact) mass is 362 g/mol. The predicted octanol–water partition coefficient (Wildman–Crippen LogP) is 2.76. The summed E-state index contributed by atoms with van der Waals surface area (Å²) in [5, 5.41) is 2.54. The quantitative estimate of drug-likeness (QED) is 0.760. The molecule has 0 spiro atoms. The Morgan fingerprint density at radius 2 is 1.79 bits per heavy atom. The van der Waals surface area contributed by atoms with Crippen molar-refractivity contribution in [1.82, 2.24) is 10.1 Å². The van der Waals surface area contributed by atoms with Crippen molar-refractivity contribution < 1.29 is 30.9 Å². The molecule has 6 nitrogen and oxygen atoms in total. The highest BCUT2D eigenvalue weighted by atomic mass is 32.2. The van der Waals surface area contributed by atoms with Gasteiger partial charge in [-0.25, -0.2) is 8.42 Å². The highest BCUT2D eigenvalue weighted by Crippen LogP contribution is 2.29. The Balaban J connectivity index is 2.19. The number of Topliss-reactive ketones (excluding diaryl/α,β-unsaturated/α-hetero) is 1. The molecule has 0 aliphatic carbocycles. The Bertz CT molecular complexity index is 840. The van der Waals surface area contributed by atoms with Gasteiger partial charge in [-0.1, -0.05) is 29.4 Å². The van der Waals surface area contributed by atoms with Gasteiger partial charge in [0.15, 0.2) is 15.6 Å². The lowest BCUT2D eigenvalue weighted by Crippen LogP contribution is -2.23. The fraction of sp³-hybridized carbons (Fsp3) is 0.357. The number of hydrogen-bond donors (Lipinski definition) is 0. The number of aromatic nitrogens is 2. The van der Waals surface area contributed by atoms with E-state index in [1.54, 1.807) is 0 Å². The third-order valence-electron chi connectivity index (χ3n) is 3.18. The number of benzene rings is 1. The Labute approximate surface area is 135 Å². The van der Waals surface area contributed by atoms with Crippen molar-refractivity contribution in [2.24, 2.45) is 0 Å². The second-order valence-electron chi connectivity index (χ2n) is 5.28. The lowest BCUT2D eigenvalue weighted by Gasteiger charge is -2.07. The van der Waals surface area contributed by atoms with Gasteiger partial charge in [0.1, 0.15) is 5.75 Å². The normalized spacial score (nSPS) is 12.6. The molecule has 0 atom stereocenters. The van der Waals surface area contributed by atoms with E-state index in [2.05, 4.69) is 14.7 Å². The van der Waals surface area contributed by atoms with Crippen molar-refractivity contribution in [3.05, 3.63) is 35.7 Å². The summed E-state index contributed by atoms with van der Waals surface area (Å²) in [5.74, 6) is -2.99. The van der Waals surface area contributed by atoms with Crippen LogP contribution in [0.3, 0.4) is 0 Å². The van der Waals surface area contributed by atoms with Crippen molar-refractivity contribution in [3.63, 3.8) is 0 Å². The summed E-state index contributed by atoms with van der Waals surface area (Å²) >= 11 is 0. The summed E-state index contributed by atoms with van der Waals surface area (Å²) in [4.78, 5) is 15.2. The van der Waals surface area contributed by atoms with Gasteiger partial charge in [0, 0.05) is 11.1 Å². The maximum Gasteiger partial charge on any atom is 0.471 e. The molecule has 0 fully saturated rings. The van der Waals surface area contributed by atoms with Gasteiger partial charge in [-0.05, 0) is 13.8 Å². The van der Waals surface area contributed by atoms with Crippen molar-refractivity contribution in [2.75, 3.05) is 5.75 Å². The molecule has 0 aliphatic heterocycles. The summed E-state index contributed by atoms with van der Waals surface area (Å²) in [7, 11) is -3.54. The number of alkyl halides is 3. The fourth-order valence-corrected chi connectivity index (χ4v) is 2.56. The molecular formula is C14H13F3N2O4S. The van der Waals surface area contributed by atoms with E-state index in [0.717, 1.165) is 0 Å². The Hall–Kier alpha value is -2.23. The summed E-state index contributed by atoms with van der Waals surface area (Å²) < 4.78 is 64.8. The van der Waals surface area contributed by atoms with Crippen LogP contribution >= 0.6 is 0 Å². The molecule has 10 heteroatoms. The highest BCUT2D eigenvalue weighted by molar-refractivity contribution is 7.92. The van der Waals surface area contributed by atoms with E-state index in [1.807, 2.05) is 0 Å². The second kappa shape index (κ2) is 6.34. The molecule has 0 N–H and O–H groups in total. The van der Waals surface area contributed by atoms with E-state index in [4.69, 9.17) is 0 Å². The first kappa shape index (κ1) is 18.1. The van der Waals surface area contributed by atoms with Crippen molar-refractivity contribution in [2.45, 2.75) is 25.3 Å². The summed E-state index contributed by atoms with van der Waals surface area (Å²) in [5.41, 5.74) is 0.333. The lowest BCUT2D eigenvalue weighted by atomic mass is 10.1. The zero-order valence-corrected chi connectivity index (χ0v) is 13.5. The maximum atomic E-state index is 12.4. The van der Waals surface area contributed by atoms with Crippen LogP contribution in [0.5, 0.6) is 0 Å². The van der Waals surface area contributed by atoms with Crippen LogP contribution < -0.4 is 0 Å².